The second kappa shape index (κ2) is 6.09. The van der Waals surface area contributed by atoms with Gasteiger partial charge in [0, 0.05) is 0 Å². The molecule has 0 saturated carbocycles. The maximum absolute atomic E-state index is 13.2. The summed E-state index contributed by atoms with van der Waals surface area (Å²) < 4.78 is 45.7. The van der Waals surface area contributed by atoms with Gasteiger partial charge in [-0.05, 0) is 59.7 Å². The number of nitrogens with zero attached hydrogens (tertiary/aromatic N) is 5. The number of halogens is 3. The minimum Gasteiger partial charge on any atom is -0.276 e. The minimum absolute atomic E-state index is 0.663. The average molecular weight is 465 g/mol. The first-order valence-corrected chi connectivity index (χ1v) is 11.1. The lowest BCUT2D eigenvalue weighted by Crippen LogP contribution is -2.03. The van der Waals surface area contributed by atoms with Crippen molar-refractivity contribution in [3.8, 4) is 11.1 Å². The van der Waals surface area contributed by atoms with E-state index in [9.17, 15) is 13.2 Å². The van der Waals surface area contributed by atoms with E-state index in [-0.39, 0.29) is 0 Å². The zero-order chi connectivity index (χ0) is 23.5. The van der Waals surface area contributed by atoms with E-state index < -0.39 is 11.7 Å². The van der Waals surface area contributed by atoms with E-state index in [1.807, 2.05) is 60.7 Å². The Morgan fingerprint density at radius 1 is 0.543 bits per heavy atom. The van der Waals surface area contributed by atoms with Crippen molar-refractivity contribution in [1.29, 1.82) is 0 Å². The number of imidazole rings is 4. The monoisotopic (exact) mass is 465 g/mol. The van der Waals surface area contributed by atoms with Crippen LogP contribution in [-0.2, 0) is 6.18 Å². The highest BCUT2D eigenvalue weighted by Gasteiger charge is 2.30. The van der Waals surface area contributed by atoms with Gasteiger partial charge in [0.05, 0.1) is 38.7 Å². The fraction of sp³-hybridized carbons (Fsp3) is 0.0370. The number of fused-ring (bicyclic) bond motifs is 10. The van der Waals surface area contributed by atoms with E-state index >= 15 is 0 Å². The number of benzene rings is 4. The predicted octanol–water partition coefficient (Wildman–Crippen LogP) is 6.82. The fourth-order valence-corrected chi connectivity index (χ4v) is 5.28. The summed E-state index contributed by atoms with van der Waals surface area (Å²) in [5.74, 6) is 1.50. The topological polar surface area (TPSA) is 39.0 Å². The van der Waals surface area contributed by atoms with Gasteiger partial charge in [0.1, 0.15) is 5.52 Å². The van der Waals surface area contributed by atoms with Crippen LogP contribution in [0.5, 0.6) is 0 Å². The molecule has 5 nitrogen and oxygen atoms in total. The molecule has 0 fully saturated rings. The van der Waals surface area contributed by atoms with Crippen LogP contribution < -0.4 is 0 Å². The van der Waals surface area contributed by atoms with E-state index in [1.165, 1.54) is 12.1 Å². The van der Waals surface area contributed by atoms with Crippen molar-refractivity contribution in [2.24, 2.45) is 0 Å². The molecule has 8 rings (SSSR count). The normalized spacial score (nSPS) is 13.0. The summed E-state index contributed by atoms with van der Waals surface area (Å²) in [5, 5.41) is 0. The van der Waals surface area contributed by atoms with E-state index in [0.717, 1.165) is 67.9 Å². The molecule has 0 aliphatic rings. The zero-order valence-electron chi connectivity index (χ0n) is 18.0. The van der Waals surface area contributed by atoms with Crippen molar-refractivity contribution >= 4 is 50.2 Å². The van der Waals surface area contributed by atoms with Crippen molar-refractivity contribution < 1.29 is 13.2 Å². The van der Waals surface area contributed by atoms with Gasteiger partial charge in [-0.15, -0.1) is 0 Å². The summed E-state index contributed by atoms with van der Waals surface area (Å²) in [6.45, 7) is 0. The van der Waals surface area contributed by atoms with Crippen molar-refractivity contribution in [2.45, 2.75) is 6.18 Å². The third-order valence-electron chi connectivity index (χ3n) is 6.81. The van der Waals surface area contributed by atoms with Crippen LogP contribution in [-0.4, -0.2) is 23.2 Å². The van der Waals surface area contributed by atoms with E-state index in [4.69, 9.17) is 9.97 Å². The Morgan fingerprint density at radius 3 is 1.57 bits per heavy atom. The molecular formula is C27H14F3N5. The Morgan fingerprint density at radius 2 is 1.06 bits per heavy atom. The SMILES string of the molecule is FC(F)(F)c1ccc(-c2cc3c4c(c2)n2c5ccccc5nc2n4c2nc4ccccc4n32)cc1. The summed E-state index contributed by atoms with van der Waals surface area (Å²) in [6.07, 6.45) is -4.37. The third-order valence-corrected chi connectivity index (χ3v) is 6.81. The maximum atomic E-state index is 13.2. The highest BCUT2D eigenvalue weighted by Crippen LogP contribution is 2.38. The van der Waals surface area contributed by atoms with Crippen LogP contribution in [0.3, 0.4) is 0 Å². The Labute approximate surface area is 194 Å². The van der Waals surface area contributed by atoms with Crippen LogP contribution in [0.2, 0.25) is 0 Å². The first kappa shape index (κ1) is 18.8. The van der Waals surface area contributed by atoms with Gasteiger partial charge in [0.15, 0.2) is 0 Å². The molecule has 4 heterocycles. The molecule has 8 aromatic rings. The molecule has 0 N–H and O–H groups in total. The lowest BCUT2D eigenvalue weighted by atomic mass is 10.0. The molecule has 0 spiro atoms. The second-order valence-corrected chi connectivity index (χ2v) is 8.75. The van der Waals surface area contributed by atoms with Crippen molar-refractivity contribution in [3.63, 3.8) is 0 Å². The summed E-state index contributed by atoms with van der Waals surface area (Å²) >= 11 is 0. The van der Waals surface area contributed by atoms with Gasteiger partial charge in [-0.2, -0.15) is 13.2 Å². The quantitative estimate of drug-likeness (QED) is 0.267. The van der Waals surface area contributed by atoms with E-state index in [1.54, 1.807) is 0 Å². The number of rotatable bonds is 1. The van der Waals surface area contributed by atoms with Gasteiger partial charge < -0.3 is 0 Å². The Hall–Kier alpha value is -4.59. The van der Waals surface area contributed by atoms with Gasteiger partial charge in [0.25, 0.3) is 0 Å². The van der Waals surface area contributed by atoms with Crippen molar-refractivity contribution in [1.82, 2.24) is 23.2 Å². The molecule has 35 heavy (non-hydrogen) atoms. The number of alkyl halides is 3. The molecule has 4 aromatic heterocycles. The van der Waals surface area contributed by atoms with Gasteiger partial charge in [-0.1, -0.05) is 36.4 Å². The Bertz CT molecular complexity index is 1970. The first-order chi connectivity index (χ1) is 17.0. The van der Waals surface area contributed by atoms with Gasteiger partial charge >= 0.3 is 6.18 Å². The molecule has 8 heteroatoms. The highest BCUT2D eigenvalue weighted by molar-refractivity contribution is 6.05. The zero-order valence-corrected chi connectivity index (χ0v) is 18.0. The number of aromatic nitrogens is 5. The van der Waals surface area contributed by atoms with Gasteiger partial charge in [0.2, 0.25) is 11.6 Å². The molecule has 0 bridgehead atoms. The second-order valence-electron chi connectivity index (χ2n) is 8.75. The van der Waals surface area contributed by atoms with Crippen LogP contribution in [0.25, 0.3) is 61.3 Å². The molecule has 4 aromatic carbocycles. The first-order valence-electron chi connectivity index (χ1n) is 11.1. The summed E-state index contributed by atoms with van der Waals surface area (Å²) in [4.78, 5) is 9.83. The molecular weight excluding hydrogens is 451 g/mol. The molecule has 0 amide bonds. The standard InChI is InChI=1S/C27H14F3N5/c28-27(29,30)17-11-9-15(10-12-17)16-13-22-24-23(14-16)34-21-8-4-2-6-19(21)32-26(34)35(24)25-31-18-5-1-3-7-20(18)33(22)25/h1-14H. The largest absolute Gasteiger partial charge is 0.416 e. The molecule has 0 aliphatic heterocycles. The Kier molecular flexibility index (Phi) is 3.27. The van der Waals surface area contributed by atoms with Crippen LogP contribution >= 0.6 is 0 Å². The van der Waals surface area contributed by atoms with Gasteiger partial charge in [-0.25, -0.2) is 14.4 Å². The Balaban J connectivity index is 1.56. The van der Waals surface area contributed by atoms with Crippen molar-refractivity contribution in [2.75, 3.05) is 0 Å². The lowest BCUT2D eigenvalue weighted by Gasteiger charge is -2.08. The summed E-state index contributed by atoms with van der Waals surface area (Å²) in [5.41, 5.74) is 7.35. The molecule has 0 radical (unpaired) electrons. The highest BCUT2D eigenvalue weighted by atomic mass is 19.4. The van der Waals surface area contributed by atoms with E-state index in [0.29, 0.717) is 5.56 Å². The fourth-order valence-electron chi connectivity index (χ4n) is 5.28. The number of para-hydroxylation sites is 4. The lowest BCUT2D eigenvalue weighted by molar-refractivity contribution is -0.137. The van der Waals surface area contributed by atoms with Gasteiger partial charge in [-0.3, -0.25) is 8.80 Å². The van der Waals surface area contributed by atoms with Crippen LogP contribution in [0, 0.1) is 0 Å². The number of hydrogen-bond donors (Lipinski definition) is 0. The van der Waals surface area contributed by atoms with Crippen LogP contribution in [0.15, 0.2) is 84.9 Å². The molecule has 0 saturated heterocycles. The third kappa shape index (κ3) is 2.33. The van der Waals surface area contributed by atoms with Crippen LogP contribution in [0.4, 0.5) is 13.2 Å². The molecule has 0 unspecified atom stereocenters. The minimum atomic E-state index is -4.37. The summed E-state index contributed by atoms with van der Waals surface area (Å²) in [7, 11) is 0. The van der Waals surface area contributed by atoms with Crippen molar-refractivity contribution in [3.05, 3.63) is 90.5 Å². The number of hydrogen-bond acceptors (Lipinski definition) is 2. The maximum Gasteiger partial charge on any atom is 0.416 e. The van der Waals surface area contributed by atoms with E-state index in [2.05, 4.69) is 13.2 Å². The summed E-state index contributed by atoms with van der Waals surface area (Å²) in [6, 6.07) is 25.2. The van der Waals surface area contributed by atoms with Crippen LogP contribution in [0.1, 0.15) is 5.56 Å². The predicted molar refractivity (Wildman–Crippen MR) is 129 cm³/mol. The molecule has 0 atom stereocenters. The molecule has 168 valence electrons. The smallest absolute Gasteiger partial charge is 0.276 e. The molecule has 0 aliphatic carbocycles. The average Bonchev–Trinajstić information content (AvgIpc) is 3.57.